The monoisotopic (exact) mass is 386 g/mol. The summed E-state index contributed by atoms with van der Waals surface area (Å²) in [7, 11) is 0. The summed E-state index contributed by atoms with van der Waals surface area (Å²) in [6.07, 6.45) is -4.41. The Morgan fingerprint density at radius 2 is 1.87 bits per heavy atom. The van der Waals surface area contributed by atoms with E-state index in [2.05, 4.69) is 26.6 Å². The molecule has 0 aromatic heterocycles. The fourth-order valence-electron chi connectivity index (χ4n) is 1.92. The Bertz CT molecular complexity index is 717. The summed E-state index contributed by atoms with van der Waals surface area (Å²) in [6.45, 7) is 1.76. The first-order valence-electron chi connectivity index (χ1n) is 6.73. The van der Waals surface area contributed by atoms with E-state index >= 15 is 0 Å². The van der Waals surface area contributed by atoms with E-state index < -0.39 is 11.7 Å². The predicted octanol–water partition coefficient (Wildman–Crippen LogP) is 4.83. The molecule has 0 saturated carbocycles. The lowest BCUT2D eigenvalue weighted by Crippen LogP contribution is -2.22. The number of halogens is 4. The minimum atomic E-state index is -4.41. The van der Waals surface area contributed by atoms with Gasteiger partial charge < -0.3 is 10.6 Å². The maximum absolute atomic E-state index is 12.6. The Morgan fingerprint density at radius 3 is 2.52 bits per heavy atom. The van der Waals surface area contributed by atoms with Crippen molar-refractivity contribution in [2.24, 2.45) is 0 Å². The lowest BCUT2D eigenvalue weighted by atomic mass is 10.2. The Morgan fingerprint density at radius 1 is 1.13 bits per heavy atom. The lowest BCUT2D eigenvalue weighted by molar-refractivity contribution is -0.137. The number of rotatable bonds is 4. The van der Waals surface area contributed by atoms with E-state index in [1.807, 2.05) is 13.0 Å². The van der Waals surface area contributed by atoms with Gasteiger partial charge in [0.15, 0.2) is 0 Å². The van der Waals surface area contributed by atoms with E-state index in [4.69, 9.17) is 0 Å². The van der Waals surface area contributed by atoms with Gasteiger partial charge in [-0.25, -0.2) is 0 Å². The van der Waals surface area contributed by atoms with Gasteiger partial charge in [-0.2, -0.15) is 13.2 Å². The fraction of sp³-hybridized carbons (Fsp3) is 0.188. The quantitative estimate of drug-likeness (QED) is 0.790. The number of hydrogen-bond acceptors (Lipinski definition) is 2. The van der Waals surface area contributed by atoms with Crippen LogP contribution in [0.2, 0.25) is 0 Å². The number of nitrogens with one attached hydrogen (secondary N) is 2. The summed E-state index contributed by atoms with van der Waals surface area (Å²) in [4.78, 5) is 11.9. The van der Waals surface area contributed by atoms with Crippen LogP contribution in [0, 0.1) is 6.92 Å². The van der Waals surface area contributed by atoms with Crippen LogP contribution in [0.15, 0.2) is 46.9 Å². The van der Waals surface area contributed by atoms with Gasteiger partial charge in [0.05, 0.1) is 12.1 Å². The van der Waals surface area contributed by atoms with E-state index in [0.29, 0.717) is 5.69 Å². The van der Waals surface area contributed by atoms with Gasteiger partial charge in [-0.15, -0.1) is 0 Å². The minimum absolute atomic E-state index is 0.129. The van der Waals surface area contributed by atoms with Gasteiger partial charge >= 0.3 is 6.18 Å². The summed E-state index contributed by atoms with van der Waals surface area (Å²) >= 11 is 3.36. The van der Waals surface area contributed by atoms with Crippen LogP contribution in [-0.4, -0.2) is 12.5 Å². The van der Waals surface area contributed by atoms with Gasteiger partial charge in [-0.05, 0) is 48.9 Å². The van der Waals surface area contributed by atoms with Crippen LogP contribution in [0.5, 0.6) is 0 Å². The van der Waals surface area contributed by atoms with E-state index in [1.165, 1.54) is 12.1 Å². The van der Waals surface area contributed by atoms with E-state index in [9.17, 15) is 18.0 Å². The summed E-state index contributed by atoms with van der Waals surface area (Å²) in [6, 6.07) is 10.1. The molecule has 23 heavy (non-hydrogen) atoms. The normalized spacial score (nSPS) is 11.2. The molecule has 7 heteroatoms. The van der Waals surface area contributed by atoms with Crippen molar-refractivity contribution in [1.82, 2.24) is 0 Å². The lowest BCUT2D eigenvalue weighted by Gasteiger charge is -2.11. The molecule has 0 aliphatic heterocycles. The van der Waals surface area contributed by atoms with Crippen LogP contribution in [0.25, 0.3) is 0 Å². The standard InChI is InChI=1S/C16H14BrF3N2O/c1-10-7-13(5-6-14(10)17)22-15(23)9-21-12-4-2-3-11(8-12)16(18,19)20/h2-8,21H,9H2,1H3,(H,22,23). The third kappa shape index (κ3) is 4.99. The van der Waals surface area contributed by atoms with E-state index in [-0.39, 0.29) is 18.1 Å². The number of carbonyl (C=O) groups is 1. The van der Waals surface area contributed by atoms with Gasteiger partial charge in [0, 0.05) is 15.8 Å². The van der Waals surface area contributed by atoms with Crippen molar-refractivity contribution in [2.75, 3.05) is 17.2 Å². The molecule has 0 aliphatic carbocycles. The smallest absolute Gasteiger partial charge is 0.376 e. The van der Waals surface area contributed by atoms with Crippen LogP contribution in [0.4, 0.5) is 24.5 Å². The SMILES string of the molecule is Cc1cc(NC(=O)CNc2cccc(C(F)(F)F)c2)ccc1Br. The minimum Gasteiger partial charge on any atom is -0.376 e. The number of anilines is 2. The molecule has 0 fully saturated rings. The Hall–Kier alpha value is -2.02. The van der Waals surface area contributed by atoms with Gasteiger partial charge in [-0.3, -0.25) is 4.79 Å². The molecule has 0 unspecified atom stereocenters. The molecule has 2 N–H and O–H groups in total. The van der Waals surface area contributed by atoms with Crippen LogP contribution in [0.1, 0.15) is 11.1 Å². The van der Waals surface area contributed by atoms with Crippen molar-refractivity contribution in [2.45, 2.75) is 13.1 Å². The number of amides is 1. The first-order valence-corrected chi connectivity index (χ1v) is 7.52. The third-order valence-electron chi connectivity index (χ3n) is 3.08. The molecule has 0 bridgehead atoms. The Kier molecular flexibility index (Phi) is 5.30. The Labute approximate surface area is 140 Å². The third-order valence-corrected chi connectivity index (χ3v) is 3.97. The number of aryl methyl sites for hydroxylation is 1. The highest BCUT2D eigenvalue weighted by Gasteiger charge is 2.30. The second kappa shape index (κ2) is 7.04. The zero-order valence-electron chi connectivity index (χ0n) is 12.2. The van der Waals surface area contributed by atoms with E-state index in [0.717, 1.165) is 22.2 Å². The average Bonchev–Trinajstić information content (AvgIpc) is 2.48. The van der Waals surface area contributed by atoms with Crippen LogP contribution >= 0.6 is 15.9 Å². The molecule has 0 saturated heterocycles. The zero-order valence-corrected chi connectivity index (χ0v) is 13.8. The molecule has 0 aliphatic rings. The molecule has 2 aromatic rings. The van der Waals surface area contributed by atoms with Crippen LogP contribution < -0.4 is 10.6 Å². The first-order chi connectivity index (χ1) is 10.8. The predicted molar refractivity (Wildman–Crippen MR) is 87.4 cm³/mol. The van der Waals surface area contributed by atoms with Crippen LogP contribution in [-0.2, 0) is 11.0 Å². The maximum atomic E-state index is 12.6. The molecular formula is C16H14BrF3N2O. The molecular weight excluding hydrogens is 373 g/mol. The molecule has 1 amide bonds. The first kappa shape index (κ1) is 17.3. The molecule has 122 valence electrons. The molecule has 0 radical (unpaired) electrons. The summed E-state index contributed by atoms with van der Waals surface area (Å²) in [5.74, 6) is -0.343. The van der Waals surface area contributed by atoms with Gasteiger partial charge in [-0.1, -0.05) is 22.0 Å². The molecule has 3 nitrogen and oxygen atoms in total. The summed E-state index contributed by atoms with van der Waals surface area (Å²) in [5, 5.41) is 5.36. The number of carbonyl (C=O) groups excluding carboxylic acids is 1. The topological polar surface area (TPSA) is 41.1 Å². The van der Waals surface area contributed by atoms with Crippen molar-refractivity contribution in [3.63, 3.8) is 0 Å². The summed E-state index contributed by atoms with van der Waals surface area (Å²) < 4.78 is 38.8. The maximum Gasteiger partial charge on any atom is 0.416 e. The summed E-state index contributed by atoms with van der Waals surface area (Å²) in [5.41, 5.74) is 1.07. The van der Waals surface area contributed by atoms with Gasteiger partial charge in [0.25, 0.3) is 0 Å². The number of alkyl halides is 3. The zero-order chi connectivity index (χ0) is 17.0. The van der Waals surface area contributed by atoms with Crippen molar-refractivity contribution in [3.8, 4) is 0 Å². The molecule has 0 atom stereocenters. The van der Waals surface area contributed by atoms with Crippen LogP contribution in [0.3, 0.4) is 0 Å². The highest BCUT2D eigenvalue weighted by Crippen LogP contribution is 2.30. The van der Waals surface area contributed by atoms with Gasteiger partial charge in [0.2, 0.25) is 5.91 Å². The Balaban J connectivity index is 1.95. The highest BCUT2D eigenvalue weighted by molar-refractivity contribution is 9.10. The van der Waals surface area contributed by atoms with E-state index in [1.54, 1.807) is 12.1 Å². The van der Waals surface area contributed by atoms with Crippen molar-refractivity contribution in [1.29, 1.82) is 0 Å². The largest absolute Gasteiger partial charge is 0.416 e. The molecule has 0 spiro atoms. The fourth-order valence-corrected chi connectivity index (χ4v) is 2.16. The molecule has 2 rings (SSSR count). The van der Waals surface area contributed by atoms with Crippen molar-refractivity contribution < 1.29 is 18.0 Å². The average molecular weight is 387 g/mol. The molecule has 0 heterocycles. The molecule has 2 aromatic carbocycles. The van der Waals surface area contributed by atoms with Crippen molar-refractivity contribution >= 4 is 33.2 Å². The van der Waals surface area contributed by atoms with Gasteiger partial charge in [0.1, 0.15) is 0 Å². The second-order valence-electron chi connectivity index (χ2n) is 4.94. The number of hydrogen-bond donors (Lipinski definition) is 2. The number of benzene rings is 2. The second-order valence-corrected chi connectivity index (χ2v) is 5.80. The van der Waals surface area contributed by atoms with Crippen molar-refractivity contribution in [3.05, 3.63) is 58.1 Å². The highest BCUT2D eigenvalue weighted by atomic mass is 79.9.